The molecule has 0 saturated heterocycles. The van der Waals surface area contributed by atoms with Crippen molar-refractivity contribution in [2.24, 2.45) is 0 Å². The highest BCUT2D eigenvalue weighted by Crippen LogP contribution is 2.40. The number of pyridine rings is 1. The summed E-state index contributed by atoms with van der Waals surface area (Å²) >= 11 is 0. The first-order valence-electron chi connectivity index (χ1n) is 18.9. The number of aromatic nitrogens is 3. The van der Waals surface area contributed by atoms with E-state index in [0.717, 1.165) is 72.3 Å². The lowest BCUT2D eigenvalue weighted by atomic mass is 9.91. The van der Waals surface area contributed by atoms with E-state index in [4.69, 9.17) is 15.0 Å². The fourth-order valence-corrected chi connectivity index (χ4v) is 7.69. The molecule has 8 aromatic carbocycles. The van der Waals surface area contributed by atoms with Crippen molar-refractivity contribution in [3.05, 3.63) is 212 Å². The SMILES string of the molecule is c1ccc(-c2ccc(-c3nc(-c4ccccc4)cc(-c4cccc(-c5ccc6nc(-c7ccccc7)c7cccc(-c8ccccc8)c7c6c5)c4)n3)cc2)cc1. The second kappa shape index (κ2) is 14.4. The van der Waals surface area contributed by atoms with Crippen molar-refractivity contribution in [2.75, 3.05) is 0 Å². The van der Waals surface area contributed by atoms with Crippen molar-refractivity contribution in [1.82, 2.24) is 15.0 Å². The molecule has 10 aromatic rings. The van der Waals surface area contributed by atoms with Crippen molar-refractivity contribution >= 4 is 21.7 Å². The molecule has 0 N–H and O–H groups in total. The van der Waals surface area contributed by atoms with Crippen LogP contribution in [0.1, 0.15) is 0 Å². The van der Waals surface area contributed by atoms with Gasteiger partial charge in [0.25, 0.3) is 0 Å². The van der Waals surface area contributed by atoms with E-state index in [2.05, 4.69) is 200 Å². The van der Waals surface area contributed by atoms with Crippen LogP contribution in [0.25, 0.3) is 100 Å². The molecule has 3 heteroatoms. The van der Waals surface area contributed by atoms with Gasteiger partial charge in [0.1, 0.15) is 0 Å². The lowest BCUT2D eigenvalue weighted by Gasteiger charge is -2.15. The van der Waals surface area contributed by atoms with Gasteiger partial charge in [-0.25, -0.2) is 15.0 Å². The van der Waals surface area contributed by atoms with Gasteiger partial charge in [-0.05, 0) is 57.6 Å². The highest BCUT2D eigenvalue weighted by atomic mass is 14.9. The molecule has 0 aliphatic carbocycles. The Labute approximate surface area is 326 Å². The van der Waals surface area contributed by atoms with Gasteiger partial charge in [-0.3, -0.25) is 0 Å². The Morgan fingerprint density at radius 1 is 0.268 bits per heavy atom. The van der Waals surface area contributed by atoms with E-state index in [1.165, 1.54) is 22.1 Å². The van der Waals surface area contributed by atoms with Gasteiger partial charge in [-0.1, -0.05) is 188 Å². The molecule has 0 atom stereocenters. The van der Waals surface area contributed by atoms with Crippen molar-refractivity contribution in [2.45, 2.75) is 0 Å². The third-order valence-corrected chi connectivity index (χ3v) is 10.5. The Morgan fingerprint density at radius 2 is 0.768 bits per heavy atom. The van der Waals surface area contributed by atoms with Crippen molar-refractivity contribution in [1.29, 1.82) is 0 Å². The molecule has 2 heterocycles. The second-order valence-electron chi connectivity index (χ2n) is 14.0. The zero-order chi connectivity index (χ0) is 37.3. The molecule has 0 fully saturated rings. The van der Waals surface area contributed by atoms with E-state index in [1.807, 2.05) is 12.1 Å². The Morgan fingerprint density at radius 3 is 1.46 bits per heavy atom. The van der Waals surface area contributed by atoms with Crippen LogP contribution in [0.15, 0.2) is 212 Å². The molecule has 2 aromatic heterocycles. The van der Waals surface area contributed by atoms with Gasteiger partial charge < -0.3 is 0 Å². The Balaban J connectivity index is 1.11. The average Bonchev–Trinajstić information content (AvgIpc) is 3.29. The monoisotopic (exact) mass is 713 g/mol. The number of fused-ring (bicyclic) bond motifs is 3. The van der Waals surface area contributed by atoms with E-state index in [0.29, 0.717) is 5.82 Å². The second-order valence-corrected chi connectivity index (χ2v) is 14.0. The van der Waals surface area contributed by atoms with Gasteiger partial charge >= 0.3 is 0 Å². The van der Waals surface area contributed by atoms with Gasteiger partial charge in [0.05, 0.1) is 22.6 Å². The maximum absolute atomic E-state index is 5.29. The standard InChI is InChI=1S/C53H35N3/c1-5-15-36(16-6-1)37-27-29-41(30-28-37)53-55-49(39-19-9-3-10-20-39)35-50(56-53)44-24-13-23-42(33-44)43-31-32-48-47(34-43)51-45(38-17-7-2-8-18-38)25-14-26-46(51)52(54-48)40-21-11-4-12-22-40/h1-35H. The summed E-state index contributed by atoms with van der Waals surface area (Å²) in [5, 5.41) is 3.46. The first-order chi connectivity index (χ1) is 27.7. The summed E-state index contributed by atoms with van der Waals surface area (Å²) in [7, 11) is 0. The van der Waals surface area contributed by atoms with E-state index in [9.17, 15) is 0 Å². The topological polar surface area (TPSA) is 38.7 Å². The van der Waals surface area contributed by atoms with E-state index >= 15 is 0 Å². The summed E-state index contributed by atoms with van der Waals surface area (Å²) < 4.78 is 0. The predicted octanol–water partition coefficient (Wildman–Crippen LogP) is 13.8. The maximum Gasteiger partial charge on any atom is 0.160 e. The smallest absolute Gasteiger partial charge is 0.160 e. The van der Waals surface area contributed by atoms with Crippen LogP contribution in [-0.2, 0) is 0 Å². The molecule has 0 saturated carbocycles. The molecular formula is C53H35N3. The zero-order valence-corrected chi connectivity index (χ0v) is 30.5. The van der Waals surface area contributed by atoms with Gasteiger partial charge in [0.15, 0.2) is 5.82 Å². The molecule has 0 amide bonds. The molecule has 262 valence electrons. The molecule has 0 spiro atoms. The summed E-state index contributed by atoms with van der Waals surface area (Å²) in [6, 6.07) is 74.5. The van der Waals surface area contributed by atoms with Crippen molar-refractivity contribution in [3.63, 3.8) is 0 Å². The summed E-state index contributed by atoms with van der Waals surface area (Å²) in [5.74, 6) is 0.692. The normalized spacial score (nSPS) is 11.2. The zero-order valence-electron chi connectivity index (χ0n) is 30.5. The summed E-state index contributed by atoms with van der Waals surface area (Å²) in [4.78, 5) is 15.6. The largest absolute Gasteiger partial charge is 0.247 e. The molecule has 0 unspecified atom stereocenters. The number of nitrogens with zero attached hydrogens (tertiary/aromatic N) is 3. The molecule has 0 radical (unpaired) electrons. The number of hydrogen-bond donors (Lipinski definition) is 0. The number of hydrogen-bond acceptors (Lipinski definition) is 3. The van der Waals surface area contributed by atoms with Gasteiger partial charge in [0.2, 0.25) is 0 Å². The predicted molar refractivity (Wildman–Crippen MR) is 233 cm³/mol. The molecule has 0 aliphatic rings. The van der Waals surface area contributed by atoms with Crippen LogP contribution in [0.5, 0.6) is 0 Å². The number of rotatable bonds is 7. The molecule has 10 rings (SSSR count). The Bertz CT molecular complexity index is 2980. The molecule has 56 heavy (non-hydrogen) atoms. The first kappa shape index (κ1) is 33.1. The quantitative estimate of drug-likeness (QED) is 0.154. The van der Waals surface area contributed by atoms with Crippen LogP contribution in [0.2, 0.25) is 0 Å². The lowest BCUT2D eigenvalue weighted by molar-refractivity contribution is 1.18. The highest BCUT2D eigenvalue weighted by Gasteiger charge is 2.16. The van der Waals surface area contributed by atoms with Crippen LogP contribution in [0, 0.1) is 0 Å². The van der Waals surface area contributed by atoms with Crippen LogP contribution in [0.3, 0.4) is 0 Å². The third kappa shape index (κ3) is 6.31. The Hall–Kier alpha value is -7.49. The van der Waals surface area contributed by atoms with E-state index in [1.54, 1.807) is 0 Å². The van der Waals surface area contributed by atoms with Gasteiger partial charge in [-0.15, -0.1) is 0 Å². The van der Waals surface area contributed by atoms with Gasteiger partial charge in [0, 0.05) is 38.4 Å². The maximum atomic E-state index is 5.29. The Kier molecular flexibility index (Phi) is 8.51. The number of benzene rings is 8. The van der Waals surface area contributed by atoms with E-state index in [-0.39, 0.29) is 0 Å². The van der Waals surface area contributed by atoms with Crippen molar-refractivity contribution in [3.8, 4) is 78.5 Å². The molecule has 0 bridgehead atoms. The fraction of sp³-hybridized carbons (Fsp3) is 0. The highest BCUT2D eigenvalue weighted by molar-refractivity contribution is 6.17. The molecule has 0 aliphatic heterocycles. The molecule has 3 nitrogen and oxygen atoms in total. The minimum atomic E-state index is 0.692. The minimum Gasteiger partial charge on any atom is -0.247 e. The van der Waals surface area contributed by atoms with Crippen LogP contribution >= 0.6 is 0 Å². The molecular weight excluding hydrogens is 679 g/mol. The van der Waals surface area contributed by atoms with Crippen LogP contribution in [-0.4, -0.2) is 15.0 Å². The summed E-state index contributed by atoms with van der Waals surface area (Å²) in [5.41, 5.74) is 14.8. The average molecular weight is 714 g/mol. The summed E-state index contributed by atoms with van der Waals surface area (Å²) in [6.07, 6.45) is 0. The fourth-order valence-electron chi connectivity index (χ4n) is 7.69. The van der Waals surface area contributed by atoms with E-state index < -0.39 is 0 Å². The minimum absolute atomic E-state index is 0.692. The van der Waals surface area contributed by atoms with Crippen LogP contribution in [0.4, 0.5) is 0 Å². The third-order valence-electron chi connectivity index (χ3n) is 10.5. The first-order valence-corrected chi connectivity index (χ1v) is 18.9. The lowest BCUT2D eigenvalue weighted by Crippen LogP contribution is -1.96. The summed E-state index contributed by atoms with van der Waals surface area (Å²) in [6.45, 7) is 0. The van der Waals surface area contributed by atoms with Crippen LogP contribution < -0.4 is 0 Å². The van der Waals surface area contributed by atoms with Crippen molar-refractivity contribution < 1.29 is 0 Å². The van der Waals surface area contributed by atoms with Gasteiger partial charge in [-0.2, -0.15) is 0 Å².